The molecule has 0 unspecified atom stereocenters. The van der Waals surface area contributed by atoms with Crippen molar-refractivity contribution in [3.63, 3.8) is 0 Å². The maximum absolute atomic E-state index is 10.7. The second kappa shape index (κ2) is 10.0. The highest BCUT2D eigenvalue weighted by Crippen LogP contribution is 2.40. The zero-order valence-corrected chi connectivity index (χ0v) is 18.9. The molecule has 3 aromatic rings. The number of nitrogens with zero attached hydrogens (tertiary/aromatic N) is 2. The molecule has 1 aliphatic heterocycles. The van der Waals surface area contributed by atoms with Gasteiger partial charge in [-0.15, -0.1) is 0 Å². The third-order valence-corrected chi connectivity index (χ3v) is 6.15. The summed E-state index contributed by atoms with van der Waals surface area (Å²) in [4.78, 5) is 4.45. The summed E-state index contributed by atoms with van der Waals surface area (Å²) in [6, 6.07) is 18.3. The molecule has 0 aliphatic carbocycles. The molecule has 3 aromatic carbocycles. The Morgan fingerprint density at radius 2 is 1.24 bits per heavy atom. The smallest absolute Gasteiger partial charge is 0.162 e. The summed E-state index contributed by atoms with van der Waals surface area (Å²) in [6.07, 6.45) is 0.649. The van der Waals surface area contributed by atoms with Crippen molar-refractivity contribution >= 4 is 0 Å². The van der Waals surface area contributed by atoms with Crippen molar-refractivity contribution in [3.8, 4) is 28.7 Å². The molecule has 3 N–H and O–H groups in total. The van der Waals surface area contributed by atoms with Crippen molar-refractivity contribution in [2.75, 3.05) is 27.3 Å². The van der Waals surface area contributed by atoms with E-state index in [1.165, 1.54) is 14.2 Å². The number of para-hydroxylation sites is 3. The summed E-state index contributed by atoms with van der Waals surface area (Å²) >= 11 is 0. The lowest BCUT2D eigenvalue weighted by molar-refractivity contribution is -0.0111. The van der Waals surface area contributed by atoms with E-state index >= 15 is 0 Å². The van der Waals surface area contributed by atoms with Crippen LogP contribution in [0, 0.1) is 0 Å². The van der Waals surface area contributed by atoms with E-state index in [0.29, 0.717) is 24.6 Å². The zero-order valence-electron chi connectivity index (χ0n) is 18.9. The molecular formula is C26H30N2O5. The Bertz CT molecular complexity index is 1040. The number of hydrogen-bond acceptors (Lipinski definition) is 7. The number of phenolic OH excluding ortho intramolecular Hbond substituents is 3. The Labute approximate surface area is 194 Å². The van der Waals surface area contributed by atoms with Crippen LogP contribution in [0.3, 0.4) is 0 Å². The van der Waals surface area contributed by atoms with Gasteiger partial charge in [-0.3, -0.25) is 9.80 Å². The van der Waals surface area contributed by atoms with Gasteiger partial charge in [-0.25, -0.2) is 0 Å². The van der Waals surface area contributed by atoms with E-state index in [4.69, 9.17) is 9.47 Å². The molecule has 0 saturated carbocycles. The molecule has 0 spiro atoms. The summed E-state index contributed by atoms with van der Waals surface area (Å²) in [6.45, 7) is 2.53. The Morgan fingerprint density at radius 1 is 0.727 bits per heavy atom. The molecule has 1 saturated heterocycles. The Balaban J connectivity index is 1.70. The van der Waals surface area contributed by atoms with Gasteiger partial charge in [0.15, 0.2) is 23.0 Å². The van der Waals surface area contributed by atoms with E-state index in [-0.39, 0.29) is 23.4 Å². The van der Waals surface area contributed by atoms with E-state index in [1.54, 1.807) is 24.3 Å². The standard InChI is InChI=1S/C26H30N2O5/c1-32-22-12-5-8-18(24(22)30)16-27-14-7-15-28(26(27)20-10-3-4-11-21(20)29)17-19-9-6-13-23(33-2)25(19)31/h3-6,8-13,26,29-31H,7,14-17H2,1-2H3. The van der Waals surface area contributed by atoms with Crippen LogP contribution in [-0.4, -0.2) is 52.4 Å². The van der Waals surface area contributed by atoms with Crippen molar-refractivity contribution < 1.29 is 24.8 Å². The van der Waals surface area contributed by atoms with E-state index in [2.05, 4.69) is 9.80 Å². The highest BCUT2D eigenvalue weighted by molar-refractivity contribution is 5.46. The highest BCUT2D eigenvalue weighted by Gasteiger charge is 2.33. The summed E-state index contributed by atoms with van der Waals surface area (Å²) in [5, 5.41) is 32.0. The molecule has 0 radical (unpaired) electrons. The molecule has 7 nitrogen and oxygen atoms in total. The minimum atomic E-state index is -0.254. The molecule has 0 atom stereocenters. The average Bonchev–Trinajstić information content (AvgIpc) is 2.82. The predicted octanol–water partition coefficient (Wildman–Crippen LogP) is 4.23. The van der Waals surface area contributed by atoms with Gasteiger partial charge in [0.1, 0.15) is 5.75 Å². The quantitative estimate of drug-likeness (QED) is 0.497. The predicted molar refractivity (Wildman–Crippen MR) is 126 cm³/mol. The summed E-state index contributed by atoms with van der Waals surface area (Å²) in [5.74, 6) is 1.32. The van der Waals surface area contributed by atoms with Gasteiger partial charge in [-0.2, -0.15) is 0 Å². The number of benzene rings is 3. The van der Waals surface area contributed by atoms with E-state index in [0.717, 1.165) is 36.2 Å². The van der Waals surface area contributed by atoms with Crippen LogP contribution in [0.25, 0.3) is 0 Å². The van der Waals surface area contributed by atoms with Crippen LogP contribution < -0.4 is 9.47 Å². The van der Waals surface area contributed by atoms with Gasteiger partial charge in [-0.05, 0) is 24.6 Å². The number of phenols is 3. The molecule has 33 heavy (non-hydrogen) atoms. The summed E-state index contributed by atoms with van der Waals surface area (Å²) in [7, 11) is 3.07. The normalized spacial score (nSPS) is 15.5. The van der Waals surface area contributed by atoms with Gasteiger partial charge in [0.2, 0.25) is 0 Å². The zero-order chi connectivity index (χ0) is 23.4. The van der Waals surface area contributed by atoms with Crippen molar-refractivity contribution in [2.45, 2.75) is 25.7 Å². The van der Waals surface area contributed by atoms with Gasteiger partial charge in [0.25, 0.3) is 0 Å². The lowest BCUT2D eigenvalue weighted by Gasteiger charge is -2.44. The van der Waals surface area contributed by atoms with Gasteiger partial charge in [0.05, 0.1) is 20.4 Å². The molecule has 174 valence electrons. The second-order valence-electron chi connectivity index (χ2n) is 8.16. The van der Waals surface area contributed by atoms with Crippen molar-refractivity contribution in [3.05, 3.63) is 77.4 Å². The van der Waals surface area contributed by atoms with Gasteiger partial charge >= 0.3 is 0 Å². The minimum Gasteiger partial charge on any atom is -0.508 e. The van der Waals surface area contributed by atoms with Crippen LogP contribution in [0.4, 0.5) is 0 Å². The van der Waals surface area contributed by atoms with Crippen LogP contribution in [0.15, 0.2) is 60.7 Å². The number of rotatable bonds is 7. The van der Waals surface area contributed by atoms with Crippen molar-refractivity contribution in [2.24, 2.45) is 0 Å². The first kappa shape index (κ1) is 22.8. The number of hydrogen-bond donors (Lipinski definition) is 3. The van der Waals surface area contributed by atoms with Crippen LogP contribution in [0.2, 0.25) is 0 Å². The number of ether oxygens (including phenoxy) is 2. The molecule has 7 heteroatoms. The van der Waals surface area contributed by atoms with Crippen LogP contribution in [-0.2, 0) is 13.1 Å². The SMILES string of the molecule is COc1cccc(CN2CCCN(Cc3cccc(OC)c3O)C2c2ccccc2O)c1O. The van der Waals surface area contributed by atoms with Gasteiger partial charge in [0, 0.05) is 42.9 Å². The van der Waals surface area contributed by atoms with Gasteiger partial charge < -0.3 is 24.8 Å². The molecule has 4 rings (SSSR count). The third kappa shape index (κ3) is 4.69. The molecule has 1 aliphatic rings. The number of aromatic hydroxyl groups is 3. The lowest BCUT2D eigenvalue weighted by Crippen LogP contribution is -2.46. The largest absolute Gasteiger partial charge is 0.508 e. The Kier molecular flexibility index (Phi) is 6.91. The second-order valence-corrected chi connectivity index (χ2v) is 8.16. The summed E-state index contributed by atoms with van der Waals surface area (Å²) < 4.78 is 10.6. The lowest BCUT2D eigenvalue weighted by atomic mass is 10.0. The third-order valence-electron chi connectivity index (χ3n) is 6.15. The first-order chi connectivity index (χ1) is 16.0. The van der Waals surface area contributed by atoms with E-state index in [9.17, 15) is 15.3 Å². The molecule has 0 aromatic heterocycles. The number of methoxy groups -OCH3 is 2. The van der Waals surface area contributed by atoms with Crippen LogP contribution in [0.1, 0.15) is 29.3 Å². The topological polar surface area (TPSA) is 85.6 Å². The maximum Gasteiger partial charge on any atom is 0.162 e. The molecule has 0 amide bonds. The van der Waals surface area contributed by atoms with E-state index in [1.807, 2.05) is 36.4 Å². The fourth-order valence-electron chi connectivity index (χ4n) is 4.54. The maximum atomic E-state index is 10.7. The van der Waals surface area contributed by atoms with Crippen molar-refractivity contribution in [1.82, 2.24) is 9.80 Å². The molecule has 1 heterocycles. The van der Waals surface area contributed by atoms with Crippen molar-refractivity contribution in [1.29, 1.82) is 0 Å². The van der Waals surface area contributed by atoms with Crippen LogP contribution >= 0.6 is 0 Å². The summed E-state index contributed by atoms with van der Waals surface area (Å²) in [5.41, 5.74) is 2.28. The highest BCUT2D eigenvalue weighted by atomic mass is 16.5. The fourth-order valence-corrected chi connectivity index (χ4v) is 4.54. The molecule has 0 bridgehead atoms. The fraction of sp³-hybridized carbons (Fsp3) is 0.308. The molecule has 1 fully saturated rings. The first-order valence-electron chi connectivity index (χ1n) is 11.0. The van der Waals surface area contributed by atoms with Gasteiger partial charge in [-0.1, -0.05) is 42.5 Å². The Hall–Kier alpha value is -3.42. The van der Waals surface area contributed by atoms with E-state index < -0.39 is 0 Å². The molecular weight excluding hydrogens is 420 g/mol. The van der Waals surface area contributed by atoms with Crippen LogP contribution in [0.5, 0.6) is 28.7 Å². The minimum absolute atomic E-state index is 0.124. The average molecular weight is 451 g/mol. The first-order valence-corrected chi connectivity index (χ1v) is 11.0. The Morgan fingerprint density at radius 3 is 1.73 bits per heavy atom. The monoisotopic (exact) mass is 450 g/mol.